The van der Waals surface area contributed by atoms with Crippen LogP contribution < -0.4 is 10.3 Å². The van der Waals surface area contributed by atoms with Crippen molar-refractivity contribution in [2.24, 2.45) is 0 Å². The van der Waals surface area contributed by atoms with E-state index in [0.29, 0.717) is 45.6 Å². The Hall–Kier alpha value is -2.93. The number of hydrogen-bond donors (Lipinski definition) is 1. The maximum absolute atomic E-state index is 15.8. The predicted molar refractivity (Wildman–Crippen MR) is 141 cm³/mol. The minimum Gasteiger partial charge on any atom is -0.493 e. The number of imidazole rings is 1. The second-order valence-electron chi connectivity index (χ2n) is 10.7. The number of benzene rings is 2. The van der Waals surface area contributed by atoms with Gasteiger partial charge in [0, 0.05) is 5.51 Å². The van der Waals surface area contributed by atoms with Crippen molar-refractivity contribution in [2.75, 3.05) is 6.61 Å². The Morgan fingerprint density at radius 2 is 1.71 bits per heavy atom. The third-order valence-corrected chi connectivity index (χ3v) is 14.6. The SMILES string of the molecule is CC(C)[Si-](c1ncc(-c2ccc3[nH]c(C4COc5ccccc5C4)nc3c2F)o1)(C(C)C)C(C)C. The number of oxazole rings is 1. The fourth-order valence-electron chi connectivity index (χ4n) is 6.29. The van der Waals surface area contributed by atoms with Gasteiger partial charge >= 0.3 is 0 Å². The summed E-state index contributed by atoms with van der Waals surface area (Å²) in [6.07, 6.45) is 2.50. The van der Waals surface area contributed by atoms with E-state index in [1.165, 1.54) is 0 Å². The lowest BCUT2D eigenvalue weighted by Gasteiger charge is -2.51. The van der Waals surface area contributed by atoms with E-state index < -0.39 is 8.07 Å². The molecule has 2 aromatic carbocycles. The molecule has 2 aromatic heterocycles. The normalized spacial score (nSPS) is 16.3. The molecule has 5 rings (SSSR count). The van der Waals surface area contributed by atoms with Gasteiger partial charge in [-0.1, -0.05) is 59.7 Å². The van der Waals surface area contributed by atoms with Gasteiger partial charge in [0.25, 0.3) is 0 Å². The van der Waals surface area contributed by atoms with E-state index >= 15 is 4.39 Å². The standard InChI is InChI=1S/C28H34FN3O2Si/c1-16(2)35(17(3)4,18(5)6)28-30-14-24(34-28)21-11-12-22-26(25(21)29)32-27(31-22)20-13-19-9-7-8-10-23(19)33-15-20/h7-12,14,16-18,20H,13,15H2,1-6H3,(H,31,32)/q-1. The molecule has 1 unspecified atom stereocenters. The zero-order valence-corrected chi connectivity index (χ0v) is 22.4. The number of H-pyrrole nitrogens is 1. The molecule has 0 saturated carbocycles. The molecule has 1 aliphatic rings. The number of hydrogen-bond acceptors (Lipinski definition) is 4. The largest absolute Gasteiger partial charge is 0.493 e. The summed E-state index contributed by atoms with van der Waals surface area (Å²) < 4.78 is 28.1. The molecule has 0 radical (unpaired) electrons. The monoisotopic (exact) mass is 491 g/mol. The molecule has 0 fully saturated rings. The maximum atomic E-state index is 15.8. The van der Waals surface area contributed by atoms with Crippen LogP contribution in [0, 0.1) is 5.82 Å². The van der Waals surface area contributed by atoms with Gasteiger partial charge in [-0.3, -0.25) is 4.98 Å². The molecule has 7 heteroatoms. The van der Waals surface area contributed by atoms with E-state index in [4.69, 9.17) is 14.1 Å². The Kier molecular flexibility index (Phi) is 6.07. The van der Waals surface area contributed by atoms with Gasteiger partial charge in [0.05, 0.1) is 29.8 Å². The minimum absolute atomic E-state index is 0.0479. The molecule has 1 N–H and O–H groups in total. The molecule has 35 heavy (non-hydrogen) atoms. The van der Waals surface area contributed by atoms with Gasteiger partial charge in [0.1, 0.15) is 17.1 Å². The van der Waals surface area contributed by atoms with Crippen molar-refractivity contribution in [3.05, 3.63) is 59.8 Å². The summed E-state index contributed by atoms with van der Waals surface area (Å²) in [6, 6.07) is 11.7. The molecule has 0 saturated heterocycles. The molecule has 1 atom stereocenters. The average Bonchev–Trinajstić information content (AvgIpc) is 3.47. The lowest BCUT2D eigenvalue weighted by Crippen LogP contribution is -2.56. The number of nitrogens with zero attached hydrogens (tertiary/aromatic N) is 2. The number of fused-ring (bicyclic) bond motifs is 2. The van der Waals surface area contributed by atoms with Gasteiger partial charge in [0.15, 0.2) is 11.6 Å². The Morgan fingerprint density at radius 1 is 1.00 bits per heavy atom. The summed E-state index contributed by atoms with van der Waals surface area (Å²) >= 11 is 0. The van der Waals surface area contributed by atoms with Crippen molar-refractivity contribution >= 4 is 24.6 Å². The number of para-hydroxylation sites is 1. The third-order valence-electron chi connectivity index (χ3n) is 7.88. The molecule has 5 nitrogen and oxygen atoms in total. The van der Waals surface area contributed by atoms with E-state index in [1.807, 2.05) is 24.3 Å². The molecule has 3 heterocycles. The van der Waals surface area contributed by atoms with Gasteiger partial charge in [-0.15, -0.1) is 16.6 Å². The van der Waals surface area contributed by atoms with Crippen molar-refractivity contribution in [1.29, 1.82) is 0 Å². The fraction of sp³-hybridized carbons (Fsp3) is 0.429. The molecule has 4 aromatic rings. The average molecular weight is 492 g/mol. The van der Waals surface area contributed by atoms with Gasteiger partial charge in [0.2, 0.25) is 0 Å². The number of rotatable bonds is 6. The summed E-state index contributed by atoms with van der Waals surface area (Å²) in [5.41, 5.74) is 4.73. The third kappa shape index (κ3) is 3.80. The zero-order valence-electron chi connectivity index (χ0n) is 21.4. The lowest BCUT2D eigenvalue weighted by atomic mass is 9.96. The Bertz CT molecular complexity index is 1340. The molecule has 0 amide bonds. The predicted octanol–water partition coefficient (Wildman–Crippen LogP) is 6.96. The number of aromatic amines is 1. The van der Waals surface area contributed by atoms with E-state index in [2.05, 4.69) is 57.6 Å². The van der Waals surface area contributed by atoms with Gasteiger partial charge in [-0.2, -0.15) is 0 Å². The van der Waals surface area contributed by atoms with Crippen LogP contribution >= 0.6 is 0 Å². The van der Waals surface area contributed by atoms with Crippen molar-refractivity contribution in [1.82, 2.24) is 15.0 Å². The molecular weight excluding hydrogens is 457 g/mol. The van der Waals surface area contributed by atoms with Crippen LogP contribution in [-0.4, -0.2) is 29.6 Å². The summed E-state index contributed by atoms with van der Waals surface area (Å²) in [6.45, 7) is 14.1. The van der Waals surface area contributed by atoms with Crippen LogP contribution in [0.2, 0.25) is 16.6 Å². The summed E-state index contributed by atoms with van der Waals surface area (Å²) in [5, 5.41) is 0. The molecule has 185 valence electrons. The topological polar surface area (TPSA) is 63.9 Å². The first-order chi connectivity index (χ1) is 16.7. The highest BCUT2D eigenvalue weighted by molar-refractivity contribution is 6.93. The highest BCUT2D eigenvalue weighted by Gasteiger charge is 2.37. The van der Waals surface area contributed by atoms with Crippen molar-refractivity contribution in [3.63, 3.8) is 0 Å². The molecule has 0 bridgehead atoms. The minimum atomic E-state index is -2.07. The van der Waals surface area contributed by atoms with Crippen molar-refractivity contribution in [3.8, 4) is 17.1 Å². The smallest absolute Gasteiger partial charge is 0.162 e. The van der Waals surface area contributed by atoms with E-state index in [0.717, 1.165) is 29.1 Å². The highest BCUT2D eigenvalue weighted by atomic mass is 28.3. The first-order valence-corrected chi connectivity index (χ1v) is 14.8. The quantitative estimate of drug-likeness (QED) is 0.296. The van der Waals surface area contributed by atoms with E-state index in [-0.39, 0.29) is 11.7 Å². The molecular formula is C28H34FN3O2Si-. The first-order valence-electron chi connectivity index (χ1n) is 12.6. The second kappa shape index (κ2) is 8.93. The van der Waals surface area contributed by atoms with Crippen LogP contribution in [0.4, 0.5) is 4.39 Å². The number of halogens is 1. The second-order valence-corrected chi connectivity index (χ2v) is 16.4. The maximum Gasteiger partial charge on any atom is 0.162 e. The number of nitrogens with one attached hydrogen (secondary N) is 1. The first kappa shape index (κ1) is 23.8. The van der Waals surface area contributed by atoms with Crippen LogP contribution in [0.25, 0.3) is 22.4 Å². The van der Waals surface area contributed by atoms with E-state index in [1.54, 1.807) is 12.3 Å². The van der Waals surface area contributed by atoms with Crippen LogP contribution in [-0.2, 0) is 6.42 Å². The summed E-state index contributed by atoms with van der Waals surface area (Å²) in [7, 11) is -2.07. The van der Waals surface area contributed by atoms with E-state index in [9.17, 15) is 0 Å². The molecule has 0 spiro atoms. The lowest BCUT2D eigenvalue weighted by molar-refractivity contribution is 0.258. The highest BCUT2D eigenvalue weighted by Crippen LogP contribution is 2.41. The number of ether oxygens (including phenoxy) is 1. The Labute approximate surface area is 207 Å². The zero-order chi connectivity index (χ0) is 24.9. The Balaban J connectivity index is 1.50. The number of aromatic nitrogens is 3. The van der Waals surface area contributed by atoms with Crippen molar-refractivity contribution in [2.45, 2.75) is 70.5 Å². The summed E-state index contributed by atoms with van der Waals surface area (Å²) in [4.78, 5) is 12.7. The molecule has 0 aliphatic carbocycles. The van der Waals surface area contributed by atoms with Crippen LogP contribution in [0.5, 0.6) is 5.75 Å². The fourth-order valence-corrected chi connectivity index (χ4v) is 12.3. The Morgan fingerprint density at radius 3 is 2.43 bits per heavy atom. The van der Waals surface area contributed by atoms with Crippen molar-refractivity contribution < 1.29 is 13.5 Å². The van der Waals surface area contributed by atoms with Crippen LogP contribution in [0.1, 0.15) is 58.8 Å². The van der Waals surface area contributed by atoms with Gasteiger partial charge < -0.3 is 14.1 Å². The molecule has 1 aliphatic heterocycles. The van der Waals surface area contributed by atoms with Gasteiger partial charge in [-0.05, 0) is 38.3 Å². The van der Waals surface area contributed by atoms with Crippen LogP contribution in [0.15, 0.2) is 47.0 Å². The van der Waals surface area contributed by atoms with Gasteiger partial charge in [-0.25, -0.2) is 9.37 Å². The summed E-state index contributed by atoms with van der Waals surface area (Å²) in [5.74, 6) is 1.80. The van der Waals surface area contributed by atoms with Crippen LogP contribution in [0.3, 0.4) is 0 Å².